The monoisotopic (exact) mass is 272 g/mol. The molecular weight excluding hydrogens is 260 g/mol. The van der Waals surface area contributed by atoms with E-state index in [0.29, 0.717) is 16.9 Å². The summed E-state index contributed by atoms with van der Waals surface area (Å²) < 4.78 is 0. The van der Waals surface area contributed by atoms with Crippen molar-refractivity contribution in [3.8, 4) is 0 Å². The van der Waals surface area contributed by atoms with Gasteiger partial charge in [-0.3, -0.25) is 10.1 Å². The first-order valence-corrected chi connectivity index (χ1v) is 5.83. The molecule has 0 bridgehead atoms. The van der Waals surface area contributed by atoms with E-state index >= 15 is 0 Å². The molecule has 0 saturated carbocycles. The lowest BCUT2D eigenvalue weighted by Crippen LogP contribution is -2.00. The number of para-hydroxylation sites is 1. The second kappa shape index (κ2) is 5.40. The van der Waals surface area contributed by atoms with Crippen LogP contribution in [-0.4, -0.2) is 16.0 Å². The van der Waals surface area contributed by atoms with E-state index in [1.54, 1.807) is 37.3 Å². The van der Waals surface area contributed by atoms with Gasteiger partial charge in [0.05, 0.1) is 10.5 Å². The summed E-state index contributed by atoms with van der Waals surface area (Å²) in [6.45, 7) is 1.66. The molecule has 0 aliphatic rings. The Kier molecular flexibility index (Phi) is 3.65. The summed E-state index contributed by atoms with van der Waals surface area (Å²) in [6.07, 6.45) is 0. The Hall–Kier alpha value is -2.89. The lowest BCUT2D eigenvalue weighted by molar-refractivity contribution is -0.384. The molecule has 102 valence electrons. The highest BCUT2D eigenvalue weighted by Crippen LogP contribution is 2.30. The Morgan fingerprint density at radius 3 is 2.40 bits per heavy atom. The number of nitrogens with zero attached hydrogens (tertiary/aromatic N) is 1. The molecule has 0 heterocycles. The lowest BCUT2D eigenvalue weighted by Gasteiger charge is -2.08. The molecule has 2 rings (SSSR count). The largest absolute Gasteiger partial charge is 0.478 e. The molecule has 6 heteroatoms. The molecule has 0 aliphatic carbocycles. The summed E-state index contributed by atoms with van der Waals surface area (Å²) in [7, 11) is 0. The number of rotatable bonds is 4. The molecule has 0 saturated heterocycles. The van der Waals surface area contributed by atoms with Gasteiger partial charge in [-0.15, -0.1) is 0 Å². The first kappa shape index (κ1) is 13.5. The van der Waals surface area contributed by atoms with Gasteiger partial charge in [-0.2, -0.15) is 0 Å². The Morgan fingerprint density at radius 2 is 1.85 bits per heavy atom. The topological polar surface area (TPSA) is 92.5 Å². The first-order valence-electron chi connectivity index (χ1n) is 5.83. The van der Waals surface area contributed by atoms with E-state index in [4.69, 9.17) is 5.11 Å². The molecule has 0 aromatic heterocycles. The highest BCUT2D eigenvalue weighted by molar-refractivity contribution is 5.88. The molecule has 2 aromatic rings. The summed E-state index contributed by atoms with van der Waals surface area (Å²) >= 11 is 0. The molecular formula is C14H12N2O4. The van der Waals surface area contributed by atoms with Gasteiger partial charge in [0.25, 0.3) is 5.69 Å². The normalized spacial score (nSPS) is 10.1. The molecule has 2 N–H and O–H groups in total. The van der Waals surface area contributed by atoms with Crippen LogP contribution in [0.5, 0.6) is 0 Å². The molecule has 2 aromatic carbocycles. The van der Waals surface area contributed by atoms with Crippen LogP contribution in [0.2, 0.25) is 0 Å². The van der Waals surface area contributed by atoms with Gasteiger partial charge in [0.1, 0.15) is 5.69 Å². The number of carboxylic acid groups (broad SMARTS) is 1. The molecule has 0 amide bonds. The third kappa shape index (κ3) is 2.74. The number of aryl methyl sites for hydroxylation is 1. The van der Waals surface area contributed by atoms with E-state index in [1.165, 1.54) is 12.1 Å². The van der Waals surface area contributed by atoms with Crippen molar-refractivity contribution in [2.75, 3.05) is 5.32 Å². The third-order valence-electron chi connectivity index (χ3n) is 2.83. The Morgan fingerprint density at radius 1 is 1.20 bits per heavy atom. The SMILES string of the molecule is Cc1cccc(Nc2ccc(C(=O)O)cc2)c1[N+](=O)[O-]. The van der Waals surface area contributed by atoms with Crippen LogP contribution in [0, 0.1) is 17.0 Å². The van der Waals surface area contributed by atoms with Crippen molar-refractivity contribution in [3.63, 3.8) is 0 Å². The standard InChI is InChI=1S/C14H12N2O4/c1-9-3-2-4-12(13(9)16(19)20)15-11-7-5-10(6-8-11)14(17)18/h2-8,15H,1H3,(H,17,18). The summed E-state index contributed by atoms with van der Waals surface area (Å²) in [5, 5.41) is 22.8. The summed E-state index contributed by atoms with van der Waals surface area (Å²) in [5.74, 6) is -1.02. The minimum atomic E-state index is -1.02. The molecule has 0 aliphatic heterocycles. The number of hydrogen-bond donors (Lipinski definition) is 2. The maximum atomic E-state index is 11.1. The highest BCUT2D eigenvalue weighted by Gasteiger charge is 2.16. The number of aromatic carboxylic acids is 1. The summed E-state index contributed by atoms with van der Waals surface area (Å²) in [5.41, 5.74) is 1.69. The van der Waals surface area contributed by atoms with E-state index in [1.807, 2.05) is 0 Å². The average molecular weight is 272 g/mol. The van der Waals surface area contributed by atoms with Gasteiger partial charge >= 0.3 is 5.97 Å². The lowest BCUT2D eigenvalue weighted by atomic mass is 10.1. The number of nitrogens with one attached hydrogen (secondary N) is 1. The molecule has 0 radical (unpaired) electrons. The van der Waals surface area contributed by atoms with Crippen molar-refractivity contribution >= 4 is 23.0 Å². The van der Waals surface area contributed by atoms with Gasteiger partial charge in [0.2, 0.25) is 0 Å². The Balaban J connectivity index is 2.33. The number of hydrogen-bond acceptors (Lipinski definition) is 4. The quantitative estimate of drug-likeness (QED) is 0.657. The van der Waals surface area contributed by atoms with Gasteiger partial charge in [-0.05, 0) is 37.3 Å². The zero-order valence-electron chi connectivity index (χ0n) is 10.7. The van der Waals surface area contributed by atoms with E-state index in [9.17, 15) is 14.9 Å². The fourth-order valence-electron chi connectivity index (χ4n) is 1.85. The van der Waals surface area contributed by atoms with Crippen molar-refractivity contribution < 1.29 is 14.8 Å². The van der Waals surface area contributed by atoms with E-state index in [0.717, 1.165) is 0 Å². The average Bonchev–Trinajstić information content (AvgIpc) is 2.39. The number of carboxylic acids is 1. The van der Waals surface area contributed by atoms with Crippen molar-refractivity contribution in [2.45, 2.75) is 6.92 Å². The highest BCUT2D eigenvalue weighted by atomic mass is 16.6. The van der Waals surface area contributed by atoms with Gasteiger partial charge in [0.15, 0.2) is 0 Å². The number of carbonyl (C=O) groups is 1. The van der Waals surface area contributed by atoms with Crippen LogP contribution in [0.4, 0.5) is 17.1 Å². The van der Waals surface area contributed by atoms with Gasteiger partial charge in [0, 0.05) is 11.3 Å². The molecule has 20 heavy (non-hydrogen) atoms. The molecule has 6 nitrogen and oxygen atoms in total. The third-order valence-corrected chi connectivity index (χ3v) is 2.83. The summed E-state index contributed by atoms with van der Waals surface area (Å²) in [4.78, 5) is 21.4. The number of benzene rings is 2. The van der Waals surface area contributed by atoms with Gasteiger partial charge < -0.3 is 10.4 Å². The fourth-order valence-corrected chi connectivity index (χ4v) is 1.85. The maximum absolute atomic E-state index is 11.1. The van der Waals surface area contributed by atoms with E-state index in [2.05, 4.69) is 5.32 Å². The fraction of sp³-hybridized carbons (Fsp3) is 0.0714. The van der Waals surface area contributed by atoms with Gasteiger partial charge in [-0.1, -0.05) is 12.1 Å². The molecule has 0 spiro atoms. The van der Waals surface area contributed by atoms with Crippen LogP contribution in [0.15, 0.2) is 42.5 Å². The zero-order valence-corrected chi connectivity index (χ0v) is 10.7. The first-order chi connectivity index (χ1) is 9.49. The predicted octanol–water partition coefficient (Wildman–Crippen LogP) is 3.35. The second-order valence-corrected chi connectivity index (χ2v) is 4.24. The van der Waals surface area contributed by atoms with Crippen LogP contribution in [0.1, 0.15) is 15.9 Å². The van der Waals surface area contributed by atoms with E-state index < -0.39 is 10.9 Å². The van der Waals surface area contributed by atoms with Gasteiger partial charge in [-0.25, -0.2) is 4.79 Å². The smallest absolute Gasteiger partial charge is 0.335 e. The van der Waals surface area contributed by atoms with Crippen molar-refractivity contribution in [3.05, 3.63) is 63.7 Å². The zero-order chi connectivity index (χ0) is 14.7. The Labute approximate surface area is 114 Å². The Bertz CT molecular complexity index is 665. The van der Waals surface area contributed by atoms with E-state index in [-0.39, 0.29) is 11.3 Å². The maximum Gasteiger partial charge on any atom is 0.335 e. The predicted molar refractivity (Wildman–Crippen MR) is 74.5 cm³/mol. The van der Waals surface area contributed by atoms with Crippen molar-refractivity contribution in [1.29, 1.82) is 0 Å². The number of nitro benzene ring substituents is 1. The number of nitro groups is 1. The van der Waals surface area contributed by atoms with Crippen molar-refractivity contribution in [1.82, 2.24) is 0 Å². The van der Waals surface area contributed by atoms with Crippen LogP contribution in [0.25, 0.3) is 0 Å². The van der Waals surface area contributed by atoms with Crippen LogP contribution in [-0.2, 0) is 0 Å². The molecule has 0 atom stereocenters. The van der Waals surface area contributed by atoms with Crippen LogP contribution >= 0.6 is 0 Å². The molecule has 0 unspecified atom stereocenters. The molecule has 0 fully saturated rings. The minimum absolute atomic E-state index is 0.00908. The van der Waals surface area contributed by atoms with Crippen molar-refractivity contribution in [2.24, 2.45) is 0 Å². The van der Waals surface area contributed by atoms with Crippen LogP contribution < -0.4 is 5.32 Å². The summed E-state index contributed by atoms with van der Waals surface area (Å²) in [6, 6.07) is 11.0. The van der Waals surface area contributed by atoms with Crippen LogP contribution in [0.3, 0.4) is 0 Å². The second-order valence-electron chi connectivity index (χ2n) is 4.24. The minimum Gasteiger partial charge on any atom is -0.478 e. The number of anilines is 2.